The Labute approximate surface area is 142 Å². The minimum Gasteiger partial charge on any atom is -0.380 e. The van der Waals surface area contributed by atoms with Gasteiger partial charge in [0.2, 0.25) is 0 Å². The molecule has 126 valence electrons. The number of guanidine groups is 1. The number of pyridine rings is 1. The van der Waals surface area contributed by atoms with Crippen LogP contribution in [0.15, 0.2) is 47.5 Å². The van der Waals surface area contributed by atoms with E-state index in [1.54, 1.807) is 0 Å². The smallest absolute Gasteiger partial charge is 0.196 e. The van der Waals surface area contributed by atoms with E-state index < -0.39 is 0 Å². The third-order valence-electron chi connectivity index (χ3n) is 3.75. The molecule has 24 heavy (non-hydrogen) atoms. The van der Waals surface area contributed by atoms with Crippen molar-refractivity contribution in [1.82, 2.24) is 9.88 Å². The molecule has 2 heterocycles. The molecular formula is C18H23N5O. The predicted octanol–water partition coefficient (Wildman–Crippen LogP) is 3.01. The Morgan fingerprint density at radius 1 is 1.17 bits per heavy atom. The fourth-order valence-corrected chi connectivity index (χ4v) is 2.52. The van der Waals surface area contributed by atoms with Gasteiger partial charge in [-0.1, -0.05) is 25.1 Å². The summed E-state index contributed by atoms with van der Waals surface area (Å²) in [4.78, 5) is 11.1. The van der Waals surface area contributed by atoms with Crippen molar-refractivity contribution in [2.75, 3.05) is 25.1 Å². The van der Waals surface area contributed by atoms with Crippen LogP contribution in [0.2, 0.25) is 0 Å². The second-order valence-corrected chi connectivity index (χ2v) is 5.66. The Hall–Kier alpha value is -2.60. The monoisotopic (exact) mass is 325 g/mol. The van der Waals surface area contributed by atoms with Gasteiger partial charge in [-0.3, -0.25) is 0 Å². The Kier molecular flexibility index (Phi) is 5.28. The number of nitrogens with zero attached hydrogens (tertiary/aromatic N) is 3. The molecular weight excluding hydrogens is 302 g/mol. The Balaban J connectivity index is 1.69. The fourth-order valence-electron chi connectivity index (χ4n) is 2.52. The van der Waals surface area contributed by atoms with E-state index in [2.05, 4.69) is 22.2 Å². The zero-order chi connectivity index (χ0) is 16.8. The molecule has 0 aliphatic carbocycles. The predicted molar refractivity (Wildman–Crippen MR) is 96.8 cm³/mol. The summed E-state index contributed by atoms with van der Waals surface area (Å²) < 4.78 is 5.54. The van der Waals surface area contributed by atoms with Crippen LogP contribution >= 0.6 is 0 Å². The van der Waals surface area contributed by atoms with E-state index in [1.807, 2.05) is 47.4 Å². The highest BCUT2D eigenvalue weighted by atomic mass is 16.5. The summed E-state index contributed by atoms with van der Waals surface area (Å²) in [6, 6.07) is 13.9. The Morgan fingerprint density at radius 2 is 2.00 bits per heavy atom. The molecule has 1 aromatic heterocycles. The van der Waals surface area contributed by atoms with Crippen LogP contribution in [0.3, 0.4) is 0 Å². The van der Waals surface area contributed by atoms with E-state index in [-0.39, 0.29) is 0 Å². The van der Waals surface area contributed by atoms with Crippen LogP contribution in [-0.4, -0.2) is 35.6 Å². The maximum Gasteiger partial charge on any atom is 0.196 e. The third kappa shape index (κ3) is 4.02. The molecule has 0 spiro atoms. The quantitative estimate of drug-likeness (QED) is 0.765. The molecule has 2 aromatic rings. The van der Waals surface area contributed by atoms with Gasteiger partial charge < -0.3 is 20.7 Å². The van der Waals surface area contributed by atoms with Crippen molar-refractivity contribution >= 4 is 23.2 Å². The zero-order valence-corrected chi connectivity index (χ0v) is 13.9. The van der Waals surface area contributed by atoms with Gasteiger partial charge in [0.1, 0.15) is 5.82 Å². The molecule has 1 aliphatic rings. The van der Waals surface area contributed by atoms with Crippen LogP contribution in [-0.2, 0) is 11.3 Å². The number of benzene rings is 1. The summed E-state index contributed by atoms with van der Waals surface area (Å²) in [6.45, 7) is 4.86. The summed E-state index contributed by atoms with van der Waals surface area (Å²) in [7, 11) is 0. The SMILES string of the molecule is CCCOCCN1Cc2nc(Nc3ccccc3)ccc2N=C1N. The summed E-state index contributed by atoms with van der Waals surface area (Å²) in [5.41, 5.74) is 8.80. The van der Waals surface area contributed by atoms with E-state index in [0.717, 1.165) is 35.9 Å². The van der Waals surface area contributed by atoms with Gasteiger partial charge in [-0.15, -0.1) is 0 Å². The fraction of sp³-hybridized carbons (Fsp3) is 0.333. The minimum absolute atomic E-state index is 0.521. The number of rotatable bonds is 7. The van der Waals surface area contributed by atoms with Gasteiger partial charge in [-0.25, -0.2) is 9.98 Å². The first kappa shape index (κ1) is 16.3. The molecule has 0 saturated carbocycles. The lowest BCUT2D eigenvalue weighted by Crippen LogP contribution is -2.41. The number of aliphatic imine (C=N–C) groups is 1. The van der Waals surface area contributed by atoms with Gasteiger partial charge in [0, 0.05) is 18.8 Å². The Bertz CT molecular complexity index is 702. The van der Waals surface area contributed by atoms with Crippen LogP contribution in [0.4, 0.5) is 17.2 Å². The number of hydrogen-bond donors (Lipinski definition) is 2. The highest BCUT2D eigenvalue weighted by Crippen LogP contribution is 2.26. The molecule has 0 fully saturated rings. The van der Waals surface area contributed by atoms with Gasteiger partial charge in [0.15, 0.2) is 5.96 Å². The van der Waals surface area contributed by atoms with Crippen molar-refractivity contribution in [2.24, 2.45) is 10.7 Å². The number of ether oxygens (including phenoxy) is 1. The van der Waals surface area contributed by atoms with E-state index >= 15 is 0 Å². The molecule has 6 nitrogen and oxygen atoms in total. The molecule has 6 heteroatoms. The van der Waals surface area contributed by atoms with Gasteiger partial charge in [0.25, 0.3) is 0 Å². The Morgan fingerprint density at radius 3 is 2.79 bits per heavy atom. The molecule has 3 N–H and O–H groups in total. The maximum absolute atomic E-state index is 6.05. The minimum atomic E-state index is 0.521. The number of nitrogens with two attached hydrogens (primary N) is 1. The summed E-state index contributed by atoms with van der Waals surface area (Å²) in [5.74, 6) is 1.32. The first-order chi connectivity index (χ1) is 11.8. The summed E-state index contributed by atoms with van der Waals surface area (Å²) in [6.07, 6.45) is 1.02. The number of nitrogens with one attached hydrogen (secondary N) is 1. The van der Waals surface area contributed by atoms with Crippen LogP contribution in [0.5, 0.6) is 0 Å². The normalized spacial score (nSPS) is 13.4. The van der Waals surface area contributed by atoms with Gasteiger partial charge in [-0.05, 0) is 30.7 Å². The van der Waals surface area contributed by atoms with Crippen LogP contribution in [0.1, 0.15) is 19.0 Å². The molecule has 0 amide bonds. The summed E-state index contributed by atoms with van der Waals surface area (Å²) in [5, 5.41) is 3.31. The number of aromatic nitrogens is 1. The maximum atomic E-state index is 6.05. The van der Waals surface area contributed by atoms with Crippen LogP contribution in [0.25, 0.3) is 0 Å². The average molecular weight is 325 g/mol. The molecule has 0 radical (unpaired) electrons. The topological polar surface area (TPSA) is 75.8 Å². The zero-order valence-electron chi connectivity index (χ0n) is 13.9. The van der Waals surface area contributed by atoms with Crippen molar-refractivity contribution < 1.29 is 4.74 Å². The standard InChI is InChI=1S/C18H23N5O/c1-2-11-24-12-10-23-13-16-15(22-18(23)19)8-9-17(21-16)20-14-6-4-3-5-7-14/h3-9H,2,10-13H2,1H3,(H2,19,22)(H,20,21). The van der Waals surface area contributed by atoms with Crippen molar-refractivity contribution in [3.05, 3.63) is 48.2 Å². The second kappa shape index (κ2) is 7.79. The lowest BCUT2D eigenvalue weighted by molar-refractivity contribution is 0.119. The molecule has 1 aliphatic heterocycles. The highest BCUT2D eigenvalue weighted by molar-refractivity contribution is 5.83. The molecule has 0 bridgehead atoms. The first-order valence-corrected chi connectivity index (χ1v) is 8.25. The van der Waals surface area contributed by atoms with Gasteiger partial charge in [0.05, 0.1) is 24.5 Å². The molecule has 0 saturated heterocycles. The van der Waals surface area contributed by atoms with Crippen molar-refractivity contribution in [3.63, 3.8) is 0 Å². The number of anilines is 2. The van der Waals surface area contributed by atoms with Crippen molar-refractivity contribution in [3.8, 4) is 0 Å². The van der Waals surface area contributed by atoms with E-state index in [1.165, 1.54) is 0 Å². The lowest BCUT2D eigenvalue weighted by atomic mass is 10.2. The van der Waals surface area contributed by atoms with Gasteiger partial charge in [-0.2, -0.15) is 0 Å². The summed E-state index contributed by atoms with van der Waals surface area (Å²) >= 11 is 0. The molecule has 3 rings (SSSR count). The second-order valence-electron chi connectivity index (χ2n) is 5.66. The molecule has 1 aromatic carbocycles. The van der Waals surface area contributed by atoms with Crippen molar-refractivity contribution in [1.29, 1.82) is 0 Å². The highest BCUT2D eigenvalue weighted by Gasteiger charge is 2.19. The van der Waals surface area contributed by atoms with Crippen LogP contribution < -0.4 is 11.1 Å². The average Bonchev–Trinajstić information content (AvgIpc) is 2.60. The van der Waals surface area contributed by atoms with Crippen LogP contribution in [0, 0.1) is 0 Å². The molecule has 0 atom stereocenters. The van der Waals surface area contributed by atoms with E-state index in [0.29, 0.717) is 25.7 Å². The lowest BCUT2D eigenvalue weighted by Gasteiger charge is -2.27. The third-order valence-corrected chi connectivity index (χ3v) is 3.75. The number of hydrogen-bond acceptors (Lipinski definition) is 6. The first-order valence-electron chi connectivity index (χ1n) is 8.25. The van der Waals surface area contributed by atoms with E-state index in [4.69, 9.17) is 10.5 Å². The molecule has 0 unspecified atom stereocenters. The number of fused-ring (bicyclic) bond motifs is 1. The van der Waals surface area contributed by atoms with Gasteiger partial charge >= 0.3 is 0 Å². The number of para-hydroxylation sites is 1. The van der Waals surface area contributed by atoms with Crippen molar-refractivity contribution in [2.45, 2.75) is 19.9 Å². The van der Waals surface area contributed by atoms with E-state index in [9.17, 15) is 0 Å². The largest absolute Gasteiger partial charge is 0.380 e.